The Hall–Kier alpha value is -3.89. The minimum absolute atomic E-state index is 0.159. The van der Waals surface area contributed by atoms with E-state index in [-0.39, 0.29) is 24.0 Å². The summed E-state index contributed by atoms with van der Waals surface area (Å²) in [5.41, 5.74) is 4.16. The Morgan fingerprint density at radius 2 is 1.55 bits per heavy atom. The molecule has 1 fully saturated rings. The molecular weight excluding hydrogens is 570 g/mol. The number of rotatable bonds is 8. The molecule has 0 bridgehead atoms. The van der Waals surface area contributed by atoms with Crippen LogP contribution in [0.15, 0.2) is 76.1 Å². The van der Waals surface area contributed by atoms with Crippen LogP contribution >= 0.6 is 27.7 Å². The van der Waals surface area contributed by atoms with Crippen LogP contribution in [0, 0.1) is 13.8 Å². The van der Waals surface area contributed by atoms with Crippen molar-refractivity contribution in [3.05, 3.63) is 92.8 Å². The zero-order valence-corrected chi connectivity index (χ0v) is 23.0. The molecule has 4 rings (SSSR count). The van der Waals surface area contributed by atoms with Gasteiger partial charge in [0.1, 0.15) is 12.3 Å². The SMILES string of the molecule is Cc1ccc(NC(=O)COc2ccc(/C=C3\SC(=O)N(CC(=O)Nc4ccc(Br)cc4)C3=O)cc2)cc1C. The van der Waals surface area contributed by atoms with E-state index >= 15 is 0 Å². The highest BCUT2D eigenvalue weighted by Gasteiger charge is 2.36. The van der Waals surface area contributed by atoms with Gasteiger partial charge in [-0.05, 0) is 96.9 Å². The predicted molar refractivity (Wildman–Crippen MR) is 152 cm³/mol. The summed E-state index contributed by atoms with van der Waals surface area (Å²) in [6.07, 6.45) is 1.58. The Balaban J connectivity index is 1.30. The van der Waals surface area contributed by atoms with Crippen molar-refractivity contribution < 1.29 is 23.9 Å². The summed E-state index contributed by atoms with van der Waals surface area (Å²) in [4.78, 5) is 50.8. The van der Waals surface area contributed by atoms with Crippen molar-refractivity contribution >= 4 is 68.1 Å². The molecular formula is C28H24BrN3O5S. The number of aryl methyl sites for hydroxylation is 2. The van der Waals surface area contributed by atoms with Crippen molar-refractivity contribution in [3.8, 4) is 5.75 Å². The number of anilines is 2. The Morgan fingerprint density at radius 3 is 2.24 bits per heavy atom. The molecule has 2 N–H and O–H groups in total. The Morgan fingerprint density at radius 1 is 0.895 bits per heavy atom. The summed E-state index contributed by atoms with van der Waals surface area (Å²) in [7, 11) is 0. The molecule has 0 aromatic heterocycles. The summed E-state index contributed by atoms with van der Waals surface area (Å²) in [6, 6.07) is 19.4. The van der Waals surface area contributed by atoms with Crippen LogP contribution in [-0.2, 0) is 14.4 Å². The molecule has 1 aliphatic rings. The van der Waals surface area contributed by atoms with Crippen LogP contribution in [0.25, 0.3) is 6.08 Å². The highest BCUT2D eigenvalue weighted by Crippen LogP contribution is 2.32. The van der Waals surface area contributed by atoms with Crippen LogP contribution in [0.4, 0.5) is 16.2 Å². The number of nitrogens with zero attached hydrogens (tertiary/aromatic N) is 1. The smallest absolute Gasteiger partial charge is 0.294 e. The van der Waals surface area contributed by atoms with Gasteiger partial charge >= 0.3 is 0 Å². The van der Waals surface area contributed by atoms with E-state index in [4.69, 9.17) is 4.74 Å². The quantitative estimate of drug-likeness (QED) is 0.322. The zero-order chi connectivity index (χ0) is 27.2. The van der Waals surface area contributed by atoms with Crippen molar-refractivity contribution in [3.63, 3.8) is 0 Å². The first-order chi connectivity index (χ1) is 18.2. The molecule has 194 valence electrons. The number of hydrogen-bond acceptors (Lipinski definition) is 6. The fraction of sp³-hybridized carbons (Fsp3) is 0.143. The first kappa shape index (κ1) is 27.2. The van der Waals surface area contributed by atoms with E-state index in [1.807, 2.05) is 32.0 Å². The lowest BCUT2D eigenvalue weighted by Crippen LogP contribution is -2.36. The molecule has 0 atom stereocenters. The Bertz CT molecular complexity index is 1420. The van der Waals surface area contributed by atoms with Crippen LogP contribution < -0.4 is 15.4 Å². The number of thioether (sulfide) groups is 1. The number of imide groups is 1. The van der Waals surface area contributed by atoms with E-state index < -0.39 is 17.1 Å². The van der Waals surface area contributed by atoms with Crippen LogP contribution in [0.5, 0.6) is 5.75 Å². The van der Waals surface area contributed by atoms with E-state index in [2.05, 4.69) is 26.6 Å². The van der Waals surface area contributed by atoms with Gasteiger partial charge in [-0.1, -0.05) is 34.1 Å². The molecule has 3 aromatic carbocycles. The summed E-state index contributed by atoms with van der Waals surface area (Å²) < 4.78 is 6.42. The van der Waals surface area contributed by atoms with Gasteiger partial charge < -0.3 is 15.4 Å². The lowest BCUT2D eigenvalue weighted by atomic mass is 10.1. The first-order valence-electron chi connectivity index (χ1n) is 11.6. The van der Waals surface area contributed by atoms with E-state index in [1.54, 1.807) is 54.6 Å². The topological polar surface area (TPSA) is 105 Å². The fourth-order valence-corrected chi connectivity index (χ4v) is 4.59. The average Bonchev–Trinajstić information content (AvgIpc) is 3.14. The molecule has 38 heavy (non-hydrogen) atoms. The van der Waals surface area contributed by atoms with Gasteiger partial charge in [-0.3, -0.25) is 24.1 Å². The molecule has 1 heterocycles. The minimum Gasteiger partial charge on any atom is -0.484 e. The molecule has 3 aromatic rings. The van der Waals surface area contributed by atoms with E-state index in [0.717, 1.165) is 32.3 Å². The van der Waals surface area contributed by atoms with Crippen LogP contribution in [0.2, 0.25) is 0 Å². The summed E-state index contributed by atoms with van der Waals surface area (Å²) in [5.74, 6) is -0.807. The number of amides is 4. The monoisotopic (exact) mass is 593 g/mol. The number of benzene rings is 3. The minimum atomic E-state index is -0.533. The molecule has 8 nitrogen and oxygen atoms in total. The lowest BCUT2D eigenvalue weighted by molar-refractivity contribution is -0.127. The highest BCUT2D eigenvalue weighted by atomic mass is 79.9. The maximum atomic E-state index is 12.7. The summed E-state index contributed by atoms with van der Waals surface area (Å²) in [5, 5.41) is 4.96. The standard InChI is InChI=1S/C28H24BrN3O5S/c1-17-3-8-22(13-18(17)2)31-26(34)16-37-23-11-4-19(5-12-23)14-24-27(35)32(28(36)38-24)15-25(33)30-21-9-6-20(29)7-10-21/h3-14H,15-16H2,1-2H3,(H,30,33)(H,31,34)/b24-14-. The maximum Gasteiger partial charge on any atom is 0.294 e. The number of nitrogens with one attached hydrogen (secondary N) is 2. The number of halogens is 1. The highest BCUT2D eigenvalue weighted by molar-refractivity contribution is 9.10. The number of ether oxygens (including phenoxy) is 1. The third-order valence-corrected chi connectivity index (χ3v) is 7.08. The van der Waals surface area contributed by atoms with Crippen molar-refractivity contribution in [1.82, 2.24) is 4.90 Å². The molecule has 1 aliphatic heterocycles. The van der Waals surface area contributed by atoms with Crippen molar-refractivity contribution in [2.75, 3.05) is 23.8 Å². The van der Waals surface area contributed by atoms with Gasteiger partial charge in [-0.2, -0.15) is 0 Å². The summed E-state index contributed by atoms with van der Waals surface area (Å²) in [6.45, 7) is 3.44. The molecule has 0 saturated carbocycles. The van der Waals surface area contributed by atoms with Crippen LogP contribution in [-0.4, -0.2) is 41.0 Å². The number of carbonyl (C=O) groups is 4. The van der Waals surface area contributed by atoms with Gasteiger partial charge in [0.05, 0.1) is 4.91 Å². The molecule has 0 radical (unpaired) electrons. The van der Waals surface area contributed by atoms with Gasteiger partial charge in [-0.15, -0.1) is 0 Å². The normalized spacial score (nSPS) is 14.1. The lowest BCUT2D eigenvalue weighted by Gasteiger charge is -2.12. The van der Waals surface area contributed by atoms with Crippen LogP contribution in [0.1, 0.15) is 16.7 Å². The molecule has 0 unspecified atom stereocenters. The molecule has 0 aliphatic carbocycles. The second-order valence-electron chi connectivity index (χ2n) is 8.53. The fourth-order valence-electron chi connectivity index (χ4n) is 3.49. The zero-order valence-electron chi connectivity index (χ0n) is 20.6. The largest absolute Gasteiger partial charge is 0.484 e. The van der Waals surface area contributed by atoms with Gasteiger partial charge in [0, 0.05) is 15.8 Å². The van der Waals surface area contributed by atoms with Crippen molar-refractivity contribution in [2.24, 2.45) is 0 Å². The number of hydrogen-bond donors (Lipinski definition) is 2. The van der Waals surface area contributed by atoms with Gasteiger partial charge in [0.15, 0.2) is 6.61 Å². The Kier molecular flexibility index (Phi) is 8.65. The van der Waals surface area contributed by atoms with E-state index in [9.17, 15) is 19.2 Å². The average molecular weight is 594 g/mol. The predicted octanol–water partition coefficient (Wildman–Crippen LogP) is 5.76. The second-order valence-corrected chi connectivity index (χ2v) is 10.4. The van der Waals surface area contributed by atoms with Gasteiger partial charge in [-0.25, -0.2) is 0 Å². The van der Waals surface area contributed by atoms with E-state index in [1.165, 1.54) is 0 Å². The van der Waals surface area contributed by atoms with Crippen molar-refractivity contribution in [1.29, 1.82) is 0 Å². The van der Waals surface area contributed by atoms with Crippen molar-refractivity contribution in [2.45, 2.75) is 13.8 Å². The second kappa shape index (κ2) is 12.1. The molecule has 1 saturated heterocycles. The summed E-state index contributed by atoms with van der Waals surface area (Å²) >= 11 is 4.10. The molecule has 4 amide bonds. The third-order valence-electron chi connectivity index (χ3n) is 5.64. The Labute approximate surface area is 232 Å². The number of carbonyl (C=O) groups excluding carboxylic acids is 4. The molecule has 0 spiro atoms. The van der Waals surface area contributed by atoms with Gasteiger partial charge in [0.25, 0.3) is 17.1 Å². The maximum absolute atomic E-state index is 12.7. The van der Waals surface area contributed by atoms with Crippen LogP contribution in [0.3, 0.4) is 0 Å². The van der Waals surface area contributed by atoms with E-state index in [0.29, 0.717) is 22.7 Å². The molecule has 10 heteroatoms. The third kappa shape index (κ3) is 7.11. The first-order valence-corrected chi connectivity index (χ1v) is 13.2. The van der Waals surface area contributed by atoms with Gasteiger partial charge in [0.2, 0.25) is 5.91 Å².